The third-order valence-electron chi connectivity index (χ3n) is 2.19. The van der Waals surface area contributed by atoms with Gasteiger partial charge in [-0.25, -0.2) is 4.79 Å². The average Bonchev–Trinajstić information content (AvgIpc) is 2.34. The van der Waals surface area contributed by atoms with Gasteiger partial charge in [0.05, 0.1) is 13.7 Å². The summed E-state index contributed by atoms with van der Waals surface area (Å²) < 4.78 is 10.7. The molecule has 1 aromatic carbocycles. The first-order chi connectivity index (χ1) is 8.52. The number of hydrogen-bond donors (Lipinski definition) is 1. The largest absolute Gasteiger partial charge is 0.497 e. The Hall–Kier alpha value is -1.97. The number of carboxylic acids is 1. The molecule has 0 saturated carbocycles. The molecular weight excluding hydrogens is 232 g/mol. The van der Waals surface area contributed by atoms with Crippen LogP contribution in [0.2, 0.25) is 0 Å². The molecule has 0 fully saturated rings. The lowest BCUT2D eigenvalue weighted by molar-refractivity contribution is -0.131. The number of methoxy groups -OCH3 is 1. The minimum absolute atomic E-state index is 0.406. The molecule has 1 aromatic rings. The molecule has 0 aliphatic rings. The molecule has 18 heavy (non-hydrogen) atoms. The van der Waals surface area contributed by atoms with Gasteiger partial charge in [0.2, 0.25) is 0 Å². The van der Waals surface area contributed by atoms with E-state index in [9.17, 15) is 4.79 Å². The van der Waals surface area contributed by atoms with Gasteiger partial charge in [-0.3, -0.25) is 0 Å². The van der Waals surface area contributed by atoms with Crippen LogP contribution in [-0.2, 0) is 4.79 Å². The zero-order valence-corrected chi connectivity index (χ0v) is 10.8. The molecule has 0 amide bonds. The van der Waals surface area contributed by atoms with Crippen molar-refractivity contribution >= 4 is 12.0 Å². The summed E-state index contributed by atoms with van der Waals surface area (Å²) >= 11 is 0. The van der Waals surface area contributed by atoms with Crippen molar-refractivity contribution in [2.45, 2.75) is 13.8 Å². The van der Waals surface area contributed by atoms with E-state index in [-0.39, 0.29) is 0 Å². The van der Waals surface area contributed by atoms with Gasteiger partial charge in [0.25, 0.3) is 0 Å². The maximum absolute atomic E-state index is 10.5. The van der Waals surface area contributed by atoms with Crippen molar-refractivity contribution in [3.05, 3.63) is 29.8 Å². The van der Waals surface area contributed by atoms with Crippen LogP contribution in [0.25, 0.3) is 6.08 Å². The first-order valence-electron chi connectivity index (χ1n) is 5.74. The van der Waals surface area contributed by atoms with E-state index in [0.29, 0.717) is 29.6 Å². The van der Waals surface area contributed by atoms with E-state index >= 15 is 0 Å². The van der Waals surface area contributed by atoms with E-state index in [1.807, 2.05) is 0 Å². The third kappa shape index (κ3) is 4.49. The van der Waals surface area contributed by atoms with Gasteiger partial charge >= 0.3 is 5.97 Å². The molecule has 0 aliphatic carbocycles. The minimum atomic E-state index is -0.993. The third-order valence-corrected chi connectivity index (χ3v) is 2.19. The zero-order chi connectivity index (χ0) is 13.5. The van der Waals surface area contributed by atoms with E-state index in [2.05, 4.69) is 13.8 Å². The first-order valence-corrected chi connectivity index (χ1v) is 5.74. The Labute approximate surface area is 107 Å². The molecule has 0 saturated heterocycles. The van der Waals surface area contributed by atoms with Crippen LogP contribution < -0.4 is 9.47 Å². The maximum atomic E-state index is 10.5. The number of carboxylic acid groups (broad SMARTS) is 1. The molecule has 1 N–H and O–H groups in total. The fraction of sp³-hybridized carbons (Fsp3) is 0.357. The molecule has 1 rings (SSSR count). The molecule has 0 unspecified atom stereocenters. The fourth-order valence-electron chi connectivity index (χ4n) is 1.33. The lowest BCUT2D eigenvalue weighted by Crippen LogP contribution is -2.05. The number of hydrogen-bond acceptors (Lipinski definition) is 3. The second-order valence-electron chi connectivity index (χ2n) is 4.28. The van der Waals surface area contributed by atoms with Gasteiger partial charge in [0.1, 0.15) is 11.5 Å². The van der Waals surface area contributed by atoms with E-state index < -0.39 is 5.97 Å². The summed E-state index contributed by atoms with van der Waals surface area (Å²) in [4.78, 5) is 10.5. The van der Waals surface area contributed by atoms with Crippen molar-refractivity contribution < 1.29 is 19.4 Å². The molecule has 0 bridgehead atoms. The Morgan fingerprint density at radius 1 is 1.44 bits per heavy atom. The molecule has 98 valence electrons. The Balaban J connectivity index is 2.96. The normalized spacial score (nSPS) is 10.9. The minimum Gasteiger partial charge on any atom is -0.497 e. The predicted octanol–water partition coefficient (Wildman–Crippen LogP) is 2.83. The quantitative estimate of drug-likeness (QED) is 0.789. The Kier molecular flexibility index (Phi) is 5.24. The predicted molar refractivity (Wildman–Crippen MR) is 70.0 cm³/mol. The van der Waals surface area contributed by atoms with Crippen LogP contribution in [0, 0.1) is 5.92 Å². The summed E-state index contributed by atoms with van der Waals surface area (Å²) in [6, 6.07) is 5.31. The fourth-order valence-corrected chi connectivity index (χ4v) is 1.33. The summed E-state index contributed by atoms with van der Waals surface area (Å²) in [6.45, 7) is 4.69. The van der Waals surface area contributed by atoms with E-state index in [0.717, 1.165) is 6.08 Å². The molecule has 0 atom stereocenters. The monoisotopic (exact) mass is 250 g/mol. The lowest BCUT2D eigenvalue weighted by Gasteiger charge is -2.12. The Morgan fingerprint density at radius 2 is 2.17 bits per heavy atom. The van der Waals surface area contributed by atoms with Crippen LogP contribution in [0.3, 0.4) is 0 Å². The average molecular weight is 250 g/mol. The van der Waals surface area contributed by atoms with Crippen LogP contribution in [0.5, 0.6) is 11.5 Å². The van der Waals surface area contributed by atoms with Crippen molar-refractivity contribution in [3.63, 3.8) is 0 Å². The van der Waals surface area contributed by atoms with Gasteiger partial charge in [0, 0.05) is 11.6 Å². The Bertz CT molecular complexity index is 435. The SMILES string of the molecule is COc1ccc(OCC(C)C)c(/C=C/C(=O)O)c1. The van der Waals surface area contributed by atoms with Gasteiger partial charge in [-0.15, -0.1) is 0 Å². The molecule has 4 heteroatoms. The smallest absolute Gasteiger partial charge is 0.328 e. The zero-order valence-electron chi connectivity index (χ0n) is 10.8. The first kappa shape index (κ1) is 14.1. The van der Waals surface area contributed by atoms with Crippen molar-refractivity contribution in [1.29, 1.82) is 0 Å². The number of ether oxygens (including phenoxy) is 2. The summed E-state index contributed by atoms with van der Waals surface area (Å²) in [5.41, 5.74) is 0.692. The second-order valence-corrected chi connectivity index (χ2v) is 4.28. The van der Waals surface area contributed by atoms with Gasteiger partial charge < -0.3 is 14.6 Å². The highest BCUT2D eigenvalue weighted by Gasteiger charge is 2.05. The van der Waals surface area contributed by atoms with Gasteiger partial charge in [-0.1, -0.05) is 13.8 Å². The summed E-state index contributed by atoms with van der Waals surface area (Å²) in [6.07, 6.45) is 2.58. The topological polar surface area (TPSA) is 55.8 Å². The van der Waals surface area contributed by atoms with Crippen molar-refractivity contribution in [2.24, 2.45) is 5.92 Å². The highest BCUT2D eigenvalue weighted by Crippen LogP contribution is 2.25. The van der Waals surface area contributed by atoms with Crippen LogP contribution in [-0.4, -0.2) is 24.8 Å². The highest BCUT2D eigenvalue weighted by atomic mass is 16.5. The molecular formula is C14H18O4. The van der Waals surface area contributed by atoms with Crippen LogP contribution in [0.1, 0.15) is 19.4 Å². The second kappa shape index (κ2) is 6.69. The standard InChI is InChI=1S/C14H18O4/c1-10(2)9-18-13-6-5-12(17-3)8-11(13)4-7-14(15)16/h4-8,10H,9H2,1-3H3,(H,15,16)/b7-4+. The van der Waals surface area contributed by atoms with Gasteiger partial charge in [-0.05, 0) is 30.2 Å². The van der Waals surface area contributed by atoms with Gasteiger partial charge in [0.15, 0.2) is 0 Å². The van der Waals surface area contributed by atoms with Gasteiger partial charge in [-0.2, -0.15) is 0 Å². The molecule has 0 spiro atoms. The maximum Gasteiger partial charge on any atom is 0.328 e. The molecule has 0 heterocycles. The van der Waals surface area contributed by atoms with E-state index in [1.165, 1.54) is 6.08 Å². The molecule has 0 aromatic heterocycles. The summed E-state index contributed by atoms with van der Waals surface area (Å²) in [7, 11) is 1.56. The lowest BCUT2D eigenvalue weighted by atomic mass is 10.1. The van der Waals surface area contributed by atoms with E-state index in [1.54, 1.807) is 25.3 Å². The van der Waals surface area contributed by atoms with E-state index in [4.69, 9.17) is 14.6 Å². The molecule has 0 aliphatic heterocycles. The van der Waals surface area contributed by atoms with Crippen molar-refractivity contribution in [2.75, 3.05) is 13.7 Å². The Morgan fingerprint density at radius 3 is 2.72 bits per heavy atom. The van der Waals surface area contributed by atoms with Crippen LogP contribution in [0.4, 0.5) is 0 Å². The summed E-state index contributed by atoms with van der Waals surface area (Å²) in [5, 5.41) is 8.65. The van der Waals surface area contributed by atoms with Crippen LogP contribution in [0.15, 0.2) is 24.3 Å². The van der Waals surface area contributed by atoms with Crippen LogP contribution >= 0.6 is 0 Å². The number of rotatable bonds is 6. The van der Waals surface area contributed by atoms with Crippen molar-refractivity contribution in [1.82, 2.24) is 0 Å². The number of carbonyl (C=O) groups is 1. The highest BCUT2D eigenvalue weighted by molar-refractivity contribution is 5.86. The number of aliphatic carboxylic acids is 1. The summed E-state index contributed by atoms with van der Waals surface area (Å²) in [5.74, 6) is 0.731. The molecule has 0 radical (unpaired) electrons. The molecule has 4 nitrogen and oxygen atoms in total. The number of benzene rings is 1. The van der Waals surface area contributed by atoms with Crippen molar-refractivity contribution in [3.8, 4) is 11.5 Å².